The van der Waals surface area contributed by atoms with Gasteiger partial charge in [0, 0.05) is 20.1 Å². The molecule has 97 valence electrons. The molecule has 0 aromatic carbocycles. The van der Waals surface area contributed by atoms with Crippen LogP contribution in [0.3, 0.4) is 0 Å². The van der Waals surface area contributed by atoms with Crippen LogP contribution >= 0.6 is 9.90 Å². The van der Waals surface area contributed by atoms with E-state index in [0.29, 0.717) is 0 Å². The second-order valence-corrected chi connectivity index (χ2v) is 3.62. The maximum atomic E-state index is 3.44. The van der Waals surface area contributed by atoms with Gasteiger partial charge in [-0.2, -0.15) is 21.0 Å². The fourth-order valence-corrected chi connectivity index (χ4v) is 1.41. The van der Waals surface area contributed by atoms with Gasteiger partial charge in [0.25, 0.3) is 0 Å². The third-order valence-electron chi connectivity index (χ3n) is 2.56. The van der Waals surface area contributed by atoms with Gasteiger partial charge in [-0.25, -0.2) is 5.57 Å². The van der Waals surface area contributed by atoms with Gasteiger partial charge in [-0.05, 0) is 0 Å². The molecule has 0 heterocycles. The molecule has 15 heavy (non-hydrogen) atoms. The zero-order chi connectivity index (χ0) is 7.94. The first-order valence-corrected chi connectivity index (χ1v) is 3.75. The van der Waals surface area contributed by atoms with Crippen molar-refractivity contribution in [2.45, 2.75) is 34.6 Å². The average molecular weight is 407 g/mol. The van der Waals surface area contributed by atoms with Gasteiger partial charge in [-0.15, -0.1) is 6.92 Å². The van der Waals surface area contributed by atoms with E-state index in [-0.39, 0.29) is 57.7 Å². The molecule has 0 saturated carbocycles. The Labute approximate surface area is 115 Å². The van der Waals surface area contributed by atoms with Crippen molar-refractivity contribution < 1.29 is 20.1 Å². The van der Waals surface area contributed by atoms with Gasteiger partial charge in [0.1, 0.15) is 0 Å². The van der Waals surface area contributed by atoms with Crippen molar-refractivity contribution in [3.8, 4) is 0 Å². The van der Waals surface area contributed by atoms with E-state index < -0.39 is 0 Å². The fourth-order valence-electron chi connectivity index (χ4n) is 1.41. The number of rotatable bonds is 0. The molecule has 2 heteroatoms. The Bertz CT molecular complexity index is 225. The molecule has 1 rings (SSSR count). The quantitative estimate of drug-likeness (QED) is 0.410. The van der Waals surface area contributed by atoms with Gasteiger partial charge in [0.05, 0.1) is 0 Å². The molecule has 1 aliphatic rings. The van der Waals surface area contributed by atoms with Crippen LogP contribution in [0.2, 0.25) is 0 Å². The summed E-state index contributed by atoms with van der Waals surface area (Å²) < 4.78 is 0. The van der Waals surface area contributed by atoms with Gasteiger partial charge >= 0.3 is 0 Å². The predicted molar refractivity (Wildman–Crippen MR) is 74.9 cm³/mol. The summed E-state index contributed by atoms with van der Waals surface area (Å²) in [5, 5.41) is 0. The molecule has 1 aliphatic carbocycles. The van der Waals surface area contributed by atoms with E-state index in [1.165, 1.54) is 16.7 Å². The van der Waals surface area contributed by atoms with Crippen LogP contribution in [0.25, 0.3) is 0 Å². The molecule has 0 bridgehead atoms. The van der Waals surface area contributed by atoms with Gasteiger partial charge in [-0.3, -0.25) is 6.08 Å². The Morgan fingerprint density at radius 2 is 1.27 bits per heavy atom. The predicted octanol–water partition coefficient (Wildman–Crippen LogP) is 4.52. The van der Waals surface area contributed by atoms with Crippen molar-refractivity contribution in [1.29, 1.82) is 0 Å². The van der Waals surface area contributed by atoms with Crippen LogP contribution in [0.4, 0.5) is 0 Å². The van der Waals surface area contributed by atoms with E-state index in [9.17, 15) is 0 Å². The molecule has 0 saturated heterocycles. The summed E-state index contributed by atoms with van der Waals surface area (Å²) >= 11 is 0. The molecule has 0 aromatic rings. The van der Waals surface area contributed by atoms with Crippen LogP contribution in [0.15, 0.2) is 16.7 Å². The molecule has 1 unspecified atom stereocenters. The summed E-state index contributed by atoms with van der Waals surface area (Å²) in [6, 6.07) is 0. The van der Waals surface area contributed by atoms with Gasteiger partial charge in [-0.1, -0.05) is 33.1 Å². The normalized spacial score (nSPS) is 15.7. The third-order valence-corrected chi connectivity index (χ3v) is 2.56. The first kappa shape index (κ1) is 29.6. The summed E-state index contributed by atoms with van der Waals surface area (Å²) in [7, 11) is 0. The zero-order valence-corrected chi connectivity index (χ0v) is 15.3. The van der Waals surface area contributed by atoms with Gasteiger partial charge < -0.3 is 22.3 Å². The number of allylic oxidation sites excluding steroid dienone is 4. The van der Waals surface area contributed by atoms with Crippen molar-refractivity contribution in [1.82, 2.24) is 0 Å². The summed E-state index contributed by atoms with van der Waals surface area (Å²) in [5.74, 6) is 0. The monoisotopic (exact) mass is 407 g/mol. The smallest absolute Gasteiger partial charge is 0 e. The molecule has 0 spiro atoms. The fraction of sp³-hybridized carbons (Fsp3) is 0.462. The second kappa shape index (κ2) is 9.76. The van der Waals surface area contributed by atoms with Crippen LogP contribution in [0.1, 0.15) is 34.6 Å². The van der Waals surface area contributed by atoms with Gasteiger partial charge in [0.15, 0.2) is 0 Å². The van der Waals surface area contributed by atoms with E-state index >= 15 is 0 Å². The first-order valence-electron chi connectivity index (χ1n) is 3.75. The van der Waals surface area contributed by atoms with Crippen LogP contribution < -0.4 is 0 Å². The van der Waals surface area contributed by atoms with Crippen molar-refractivity contribution >= 4 is 9.90 Å². The van der Waals surface area contributed by atoms with Crippen LogP contribution in [0.5, 0.6) is 0 Å². The third kappa shape index (κ3) is 6.00. The standard InChI is InChI=1S/C10H15.3CH3.Ir.H3P/c1-7-6-10(4,5)9(3)8(7)2;;;;;/h1-5H3;3*1H3;;1H3/q4*-1;;. The Kier molecular flexibility index (Phi) is 19.3. The van der Waals surface area contributed by atoms with E-state index in [1.54, 1.807) is 0 Å². The van der Waals surface area contributed by atoms with Crippen LogP contribution in [-0.2, 0) is 20.1 Å². The van der Waals surface area contributed by atoms with Crippen molar-refractivity contribution in [2.24, 2.45) is 5.41 Å². The molecule has 0 nitrogen and oxygen atoms in total. The SMILES string of the molecule is CC1=[C-]C(C)(C)C(C)=C1C.P.[CH3-].[CH3-].[CH3-].[Ir]. The maximum Gasteiger partial charge on any atom is 0 e. The topological polar surface area (TPSA) is 0 Å². The molecule has 1 atom stereocenters. The Morgan fingerprint density at radius 1 is 0.933 bits per heavy atom. The Balaban J connectivity index is -0.0000000667. The molecule has 1 radical (unpaired) electrons. The number of hydrogen-bond acceptors (Lipinski definition) is 0. The Hall–Kier alpha value is 0.559. The van der Waals surface area contributed by atoms with Crippen LogP contribution in [-0.4, -0.2) is 0 Å². The van der Waals surface area contributed by atoms with E-state index in [2.05, 4.69) is 40.7 Å². The summed E-state index contributed by atoms with van der Waals surface area (Å²) in [4.78, 5) is 0. The first-order chi connectivity index (χ1) is 4.45. The Morgan fingerprint density at radius 3 is 1.33 bits per heavy atom. The number of hydrogen-bond donors (Lipinski definition) is 0. The van der Waals surface area contributed by atoms with Crippen LogP contribution in [0, 0.1) is 33.8 Å². The molecule has 0 aromatic heterocycles. The van der Waals surface area contributed by atoms with Crippen molar-refractivity contribution in [3.63, 3.8) is 0 Å². The molecule has 0 N–H and O–H groups in total. The average Bonchev–Trinajstić information content (AvgIpc) is 1.95. The van der Waals surface area contributed by atoms with E-state index in [1.807, 2.05) is 0 Å². The minimum Gasteiger partial charge on any atom is -0.358 e. The maximum absolute atomic E-state index is 3.44. The van der Waals surface area contributed by atoms with Crippen molar-refractivity contribution in [2.75, 3.05) is 0 Å². The summed E-state index contributed by atoms with van der Waals surface area (Å²) in [6.07, 6.45) is 3.44. The van der Waals surface area contributed by atoms with Crippen molar-refractivity contribution in [3.05, 3.63) is 45.1 Å². The summed E-state index contributed by atoms with van der Waals surface area (Å²) in [5.41, 5.74) is 4.39. The van der Waals surface area contributed by atoms with E-state index in [4.69, 9.17) is 0 Å². The van der Waals surface area contributed by atoms with E-state index in [0.717, 1.165) is 0 Å². The zero-order valence-electron chi connectivity index (χ0n) is 11.5. The van der Waals surface area contributed by atoms with Gasteiger partial charge in [0.2, 0.25) is 0 Å². The minimum atomic E-state index is 0. The largest absolute Gasteiger partial charge is 0.358 e. The molecule has 0 amide bonds. The molecule has 0 fully saturated rings. The summed E-state index contributed by atoms with van der Waals surface area (Å²) in [6.45, 7) is 10.9. The molecular formula is C13H27IrP-4. The minimum absolute atomic E-state index is 0. The second-order valence-electron chi connectivity index (χ2n) is 3.62. The molecule has 0 aliphatic heterocycles. The molecular weight excluding hydrogens is 379 g/mol.